The van der Waals surface area contributed by atoms with Crippen LogP contribution in [0.25, 0.3) is 5.65 Å². The summed E-state index contributed by atoms with van der Waals surface area (Å²) < 4.78 is 44.4. The number of carbonyl (C=O) groups is 4. The summed E-state index contributed by atoms with van der Waals surface area (Å²) in [6.07, 6.45) is -1.26. The van der Waals surface area contributed by atoms with Crippen LogP contribution in [-0.2, 0) is 30.6 Å². The van der Waals surface area contributed by atoms with Gasteiger partial charge in [0.05, 0.1) is 17.9 Å². The summed E-state index contributed by atoms with van der Waals surface area (Å²) in [6, 6.07) is 2.06. The molecule has 0 spiro atoms. The number of fused-ring (bicyclic) bond motifs is 2. The lowest BCUT2D eigenvalue weighted by molar-refractivity contribution is -0.662. The van der Waals surface area contributed by atoms with E-state index in [4.69, 9.17) is 5.73 Å². The fourth-order valence-corrected chi connectivity index (χ4v) is 5.98. The Morgan fingerprint density at radius 3 is 2.83 bits per heavy atom. The second-order valence-electron chi connectivity index (χ2n) is 8.58. The predicted octanol–water partition coefficient (Wildman–Crippen LogP) is -1.99. The first-order valence-corrected chi connectivity index (χ1v) is 13.4. The van der Waals surface area contributed by atoms with E-state index < -0.39 is 59.2 Å². The molecule has 16 nitrogen and oxygen atoms in total. The molecule has 3 aromatic rings. The largest absolute Gasteiger partial charge is 0.543 e. The fourth-order valence-electron chi connectivity index (χ4n) is 4.21. The minimum atomic E-state index is -4.75. The van der Waals surface area contributed by atoms with Gasteiger partial charge in [0.25, 0.3) is 17.6 Å². The van der Waals surface area contributed by atoms with Crippen LogP contribution in [0, 0.1) is 0 Å². The normalized spacial score (nSPS) is 18.9. The third kappa shape index (κ3) is 5.54. The number of carboxylic acids is 1. The Hall–Kier alpha value is -4.79. The van der Waals surface area contributed by atoms with Gasteiger partial charge in [-0.2, -0.15) is 22.5 Å². The first kappa shape index (κ1) is 28.7. The first-order valence-electron chi connectivity index (χ1n) is 11.6. The van der Waals surface area contributed by atoms with Gasteiger partial charge in [-0.05, 0) is 6.07 Å². The number of oxime groups is 1. The van der Waals surface area contributed by atoms with Gasteiger partial charge in [-0.1, -0.05) is 14.8 Å². The second-order valence-corrected chi connectivity index (χ2v) is 10.5. The molecule has 0 saturated carbocycles. The maximum absolute atomic E-state index is 13.1. The highest BCUT2D eigenvalue weighted by atomic mass is 32.2. The Balaban J connectivity index is 1.37. The number of halogens is 3. The van der Waals surface area contributed by atoms with E-state index in [1.807, 2.05) is 0 Å². The lowest BCUT2D eigenvalue weighted by Crippen LogP contribution is -2.71. The van der Waals surface area contributed by atoms with Gasteiger partial charge in [0, 0.05) is 28.9 Å². The lowest BCUT2D eigenvalue weighted by atomic mass is 10.0. The Morgan fingerprint density at radius 1 is 1.38 bits per heavy atom. The Bertz CT molecular complexity index is 1650. The number of hydrogen-bond acceptors (Lipinski definition) is 13. The van der Waals surface area contributed by atoms with E-state index in [2.05, 4.69) is 35.1 Å². The summed E-state index contributed by atoms with van der Waals surface area (Å²) in [5.41, 5.74) is 5.16. The number of thioether (sulfide) groups is 1. The van der Waals surface area contributed by atoms with Crippen LogP contribution < -0.4 is 26.0 Å². The average Bonchev–Trinajstić information content (AvgIpc) is 3.52. The van der Waals surface area contributed by atoms with E-state index in [9.17, 15) is 37.5 Å². The molecule has 2 aliphatic rings. The number of nitrogens with zero attached hydrogens (tertiary/aromatic N) is 7. The lowest BCUT2D eigenvalue weighted by Gasteiger charge is -2.50. The Kier molecular flexibility index (Phi) is 7.69. The molecule has 3 aromatic heterocycles. The minimum absolute atomic E-state index is 0.0101. The molecule has 42 heavy (non-hydrogen) atoms. The maximum Gasteiger partial charge on any atom is 0.425 e. The van der Waals surface area contributed by atoms with Crippen molar-refractivity contribution >= 4 is 69.8 Å². The smallest absolute Gasteiger partial charge is 0.425 e. The number of alkyl halides is 3. The molecule has 0 radical (unpaired) electrons. The summed E-state index contributed by atoms with van der Waals surface area (Å²) in [7, 11) is 0. The summed E-state index contributed by atoms with van der Waals surface area (Å²) in [5.74, 6) is -3.60. The minimum Gasteiger partial charge on any atom is -0.543 e. The molecule has 2 atom stereocenters. The molecule has 3 amide bonds. The fraction of sp³-hybridized carbons (Fsp3) is 0.286. The van der Waals surface area contributed by atoms with Crippen LogP contribution in [-0.4, -0.2) is 83.7 Å². The molecule has 220 valence electrons. The standard InChI is InChI=1S/C21H17F3N10O6S2/c22-21(23,24)7-40-30-12(15-29-20(25)42-31-15)16(36)28-13-17(37)33-14(19(38)39)9(6-41-18(13)33)4-32-5-10(26-8-35)34-11(32)2-1-3-27-34/h1-3,5,8,13,18H,4,6-7H2,(H4-,25,26,27,28,29,31,35,36,38,39)/b30-12-/t13-,18-/m1/s1. The van der Waals surface area contributed by atoms with E-state index in [0.29, 0.717) is 35.0 Å². The van der Waals surface area contributed by atoms with Crippen LogP contribution in [0.3, 0.4) is 0 Å². The molecule has 5 rings (SSSR count). The van der Waals surface area contributed by atoms with E-state index in [1.54, 1.807) is 16.7 Å². The van der Waals surface area contributed by atoms with Gasteiger partial charge in [0.1, 0.15) is 18.0 Å². The van der Waals surface area contributed by atoms with Crippen molar-refractivity contribution in [2.24, 2.45) is 5.16 Å². The number of rotatable bonds is 10. The molecule has 5 heterocycles. The van der Waals surface area contributed by atoms with Crippen LogP contribution >= 0.6 is 23.3 Å². The zero-order valence-corrected chi connectivity index (χ0v) is 22.4. The summed E-state index contributed by atoms with van der Waals surface area (Å²) >= 11 is 1.78. The molecule has 2 aliphatic heterocycles. The van der Waals surface area contributed by atoms with Crippen LogP contribution in [0.4, 0.5) is 24.1 Å². The van der Waals surface area contributed by atoms with E-state index in [0.717, 1.165) is 16.7 Å². The van der Waals surface area contributed by atoms with Crippen molar-refractivity contribution in [3.8, 4) is 0 Å². The van der Waals surface area contributed by atoms with Gasteiger partial charge in [-0.3, -0.25) is 24.6 Å². The van der Waals surface area contributed by atoms with Crippen molar-refractivity contribution in [1.82, 2.24) is 29.2 Å². The SMILES string of the molecule is Nc1nc(/C(=N/OCC(F)(F)F)C(=O)N[C@@H]2C(=O)N3C(C(=O)[O-])=C(C[n+]4cc(NC=O)n5ncccc54)CS[C@H]23)ns1. The van der Waals surface area contributed by atoms with Gasteiger partial charge >= 0.3 is 11.8 Å². The molecule has 0 unspecified atom stereocenters. The van der Waals surface area contributed by atoms with Gasteiger partial charge in [-0.25, -0.2) is 4.57 Å². The molecule has 0 bridgehead atoms. The summed E-state index contributed by atoms with van der Waals surface area (Å²) in [6.45, 7) is -1.82. The number of carbonyl (C=O) groups excluding carboxylic acids is 4. The first-order chi connectivity index (χ1) is 20.0. The number of imidazole rings is 1. The molecular weight excluding hydrogens is 609 g/mol. The predicted molar refractivity (Wildman–Crippen MR) is 135 cm³/mol. The molecule has 0 aliphatic carbocycles. The van der Waals surface area contributed by atoms with Crippen molar-refractivity contribution in [3.05, 3.63) is 41.6 Å². The average molecular weight is 627 g/mol. The molecule has 4 N–H and O–H groups in total. The van der Waals surface area contributed by atoms with Gasteiger partial charge in [-0.15, -0.1) is 11.8 Å². The monoisotopic (exact) mass is 626 g/mol. The number of amides is 3. The van der Waals surface area contributed by atoms with Crippen LogP contribution in [0.5, 0.6) is 0 Å². The third-order valence-corrected chi connectivity index (χ3v) is 7.76. The summed E-state index contributed by atoms with van der Waals surface area (Å²) in [5, 5.41) is 23.4. The number of β-lactam (4-membered cyclic amide) rings is 1. The number of hydrogen-bond donors (Lipinski definition) is 3. The number of nitrogen functional groups attached to an aromatic ring is 1. The van der Waals surface area contributed by atoms with Crippen LogP contribution in [0.2, 0.25) is 0 Å². The quantitative estimate of drug-likeness (QED) is 0.0737. The molecule has 0 aromatic carbocycles. The highest BCUT2D eigenvalue weighted by Crippen LogP contribution is 2.40. The van der Waals surface area contributed by atoms with Crippen molar-refractivity contribution in [1.29, 1.82) is 0 Å². The number of nitrogens with one attached hydrogen (secondary N) is 2. The van der Waals surface area contributed by atoms with Crippen molar-refractivity contribution in [2.45, 2.75) is 24.1 Å². The highest BCUT2D eigenvalue weighted by Gasteiger charge is 2.53. The molecule has 1 saturated heterocycles. The number of aromatic nitrogens is 5. The van der Waals surface area contributed by atoms with Crippen LogP contribution in [0.1, 0.15) is 5.82 Å². The van der Waals surface area contributed by atoms with Crippen molar-refractivity contribution in [3.63, 3.8) is 0 Å². The van der Waals surface area contributed by atoms with Gasteiger partial charge in [0.2, 0.25) is 24.6 Å². The number of carboxylic acid groups (broad SMARTS) is 1. The Labute approximate surface area is 240 Å². The maximum atomic E-state index is 13.1. The van der Waals surface area contributed by atoms with E-state index >= 15 is 0 Å². The van der Waals surface area contributed by atoms with Crippen LogP contribution in [0.15, 0.2) is 41.0 Å². The molecule has 1 fully saturated rings. The molecule has 21 heteroatoms. The van der Waals surface area contributed by atoms with Gasteiger partial charge < -0.3 is 25.8 Å². The number of anilines is 2. The topological polar surface area (TPSA) is 213 Å². The third-order valence-electron chi connectivity index (χ3n) is 5.88. The number of aliphatic carboxylic acids is 1. The van der Waals surface area contributed by atoms with Gasteiger partial charge in [0.15, 0.2) is 11.3 Å². The highest BCUT2D eigenvalue weighted by molar-refractivity contribution is 8.00. The zero-order valence-electron chi connectivity index (χ0n) is 20.8. The number of nitrogens with two attached hydrogens (primary N) is 1. The van der Waals surface area contributed by atoms with Crippen molar-refractivity contribution < 1.29 is 46.9 Å². The van der Waals surface area contributed by atoms with Crippen molar-refractivity contribution in [2.75, 3.05) is 23.4 Å². The Morgan fingerprint density at radius 2 is 2.17 bits per heavy atom. The van der Waals surface area contributed by atoms with E-state index in [1.165, 1.54) is 16.9 Å². The molecular formula is C21H17F3N10O6S2. The second kappa shape index (κ2) is 11.2. The summed E-state index contributed by atoms with van der Waals surface area (Å²) in [4.78, 5) is 58.1. The van der Waals surface area contributed by atoms with E-state index in [-0.39, 0.29) is 17.4 Å². The zero-order chi connectivity index (χ0) is 30.2.